The van der Waals surface area contributed by atoms with Crippen molar-refractivity contribution in [3.05, 3.63) is 17.1 Å². The van der Waals surface area contributed by atoms with Gasteiger partial charge in [-0.1, -0.05) is 33.1 Å². The maximum Gasteiger partial charge on any atom is 0.162 e. The summed E-state index contributed by atoms with van der Waals surface area (Å²) in [6, 6.07) is 2.31. The van der Waals surface area contributed by atoms with Crippen LogP contribution in [0.25, 0.3) is 10.2 Å². The van der Waals surface area contributed by atoms with Crippen molar-refractivity contribution in [2.75, 3.05) is 24.3 Å². The molecule has 2 aromatic rings. The van der Waals surface area contributed by atoms with Crippen molar-refractivity contribution in [2.45, 2.75) is 52.0 Å². The van der Waals surface area contributed by atoms with Gasteiger partial charge in [-0.15, -0.1) is 11.3 Å². The molecule has 0 aromatic carbocycles. The molecule has 1 unspecified atom stereocenters. The number of nitrogens with zero attached hydrogens (tertiary/aromatic N) is 3. The summed E-state index contributed by atoms with van der Waals surface area (Å²) < 4.78 is 0. The zero-order valence-electron chi connectivity index (χ0n) is 15.6. The highest BCUT2D eigenvalue weighted by Crippen LogP contribution is 2.38. The summed E-state index contributed by atoms with van der Waals surface area (Å²) in [7, 11) is 3.99. The fourth-order valence-corrected chi connectivity index (χ4v) is 3.84. The summed E-state index contributed by atoms with van der Waals surface area (Å²) in [4.78, 5) is 24.2. The smallest absolute Gasteiger partial charge is 0.162 e. The Morgan fingerprint density at radius 2 is 2.12 bits per heavy atom. The molecule has 0 aliphatic heterocycles. The lowest BCUT2D eigenvalue weighted by atomic mass is 10.1. The Balaban J connectivity index is 2.30. The summed E-state index contributed by atoms with van der Waals surface area (Å²) in [5, 5.41) is 4.25. The molecule has 0 aliphatic rings. The minimum atomic E-state index is 0.341. The van der Waals surface area contributed by atoms with E-state index in [0.29, 0.717) is 10.9 Å². The molecule has 0 fully saturated rings. The van der Waals surface area contributed by atoms with Crippen molar-refractivity contribution in [1.82, 2.24) is 4.98 Å². The Hall–Kier alpha value is -1.95. The Morgan fingerprint density at radius 1 is 1.32 bits per heavy atom. The first kappa shape index (κ1) is 19.4. The van der Waals surface area contributed by atoms with Crippen molar-refractivity contribution in [2.24, 2.45) is 4.99 Å². The van der Waals surface area contributed by atoms with E-state index in [0.717, 1.165) is 47.1 Å². The van der Waals surface area contributed by atoms with Crippen LogP contribution in [0.1, 0.15) is 55.6 Å². The number of hydrogen-bond donors (Lipinski definition) is 1. The van der Waals surface area contributed by atoms with Gasteiger partial charge in [0.15, 0.2) is 6.29 Å². The Bertz CT molecular complexity index is 724. The van der Waals surface area contributed by atoms with E-state index in [1.807, 2.05) is 25.1 Å². The lowest BCUT2D eigenvalue weighted by molar-refractivity contribution is 0.112. The summed E-state index contributed by atoms with van der Waals surface area (Å²) >= 11 is 1.41. The summed E-state index contributed by atoms with van der Waals surface area (Å²) in [5.74, 6) is 0. The van der Waals surface area contributed by atoms with Crippen LogP contribution in [0.5, 0.6) is 0 Å². The van der Waals surface area contributed by atoms with E-state index in [1.54, 1.807) is 12.5 Å². The molecular weight excluding hydrogens is 332 g/mol. The molecule has 1 atom stereocenters. The monoisotopic (exact) mass is 360 g/mol. The average Bonchev–Trinajstić information content (AvgIpc) is 2.97. The molecule has 0 saturated carbocycles. The Labute approximate surface area is 154 Å². The minimum absolute atomic E-state index is 0.341. The van der Waals surface area contributed by atoms with Gasteiger partial charge in [0.05, 0.1) is 34.0 Å². The summed E-state index contributed by atoms with van der Waals surface area (Å²) in [6.07, 6.45) is 10.1. The lowest BCUT2D eigenvalue weighted by Crippen LogP contribution is -2.10. The second kappa shape index (κ2) is 9.51. The van der Waals surface area contributed by atoms with Gasteiger partial charge in [0.2, 0.25) is 0 Å². The molecule has 0 aliphatic carbocycles. The molecule has 136 valence electrons. The number of carbonyl (C=O) groups is 1. The van der Waals surface area contributed by atoms with Crippen molar-refractivity contribution in [3.63, 3.8) is 0 Å². The molecule has 0 bridgehead atoms. The predicted octanol–water partition coefficient (Wildman–Crippen LogP) is 4.97. The molecule has 2 rings (SSSR count). The largest absolute Gasteiger partial charge is 0.377 e. The second-order valence-electron chi connectivity index (χ2n) is 6.37. The molecule has 6 heteroatoms. The van der Waals surface area contributed by atoms with Crippen LogP contribution in [0.3, 0.4) is 0 Å². The molecule has 5 nitrogen and oxygen atoms in total. The van der Waals surface area contributed by atoms with Crippen LogP contribution in [0.15, 0.2) is 17.3 Å². The molecule has 0 saturated heterocycles. The van der Waals surface area contributed by atoms with Crippen molar-refractivity contribution < 1.29 is 4.79 Å². The van der Waals surface area contributed by atoms with E-state index in [4.69, 9.17) is 4.99 Å². The zero-order chi connectivity index (χ0) is 18.2. The van der Waals surface area contributed by atoms with Gasteiger partial charge in [0.1, 0.15) is 4.83 Å². The highest BCUT2D eigenvalue weighted by Gasteiger charge is 2.16. The van der Waals surface area contributed by atoms with E-state index >= 15 is 0 Å². The molecule has 0 amide bonds. The fraction of sp³-hybridized carbons (Fsp3) is 0.526. The number of aldehydes is 1. The number of pyridine rings is 1. The zero-order valence-corrected chi connectivity index (χ0v) is 16.4. The topological polar surface area (TPSA) is 57.6 Å². The third kappa shape index (κ3) is 4.78. The molecule has 1 N–H and O–H groups in total. The number of thiophene rings is 1. The summed E-state index contributed by atoms with van der Waals surface area (Å²) in [5.41, 5.74) is 1.85. The number of unbranched alkanes of at least 4 members (excludes halogenated alkanes) is 1. The van der Waals surface area contributed by atoms with Gasteiger partial charge in [0, 0.05) is 20.3 Å². The minimum Gasteiger partial charge on any atom is -0.377 e. The number of fused-ring (bicyclic) bond motifs is 1. The maximum atomic E-state index is 11.5. The standard InChI is InChI=1S/C19H28N4OS/c1-5-7-9-14(8-6-2)21-13-22-18-16(12-24)25-19-17(18)15(23(3)4)10-11-20-19/h10-14H,5-9H2,1-4H3,(H,21,22). The Kier molecular flexibility index (Phi) is 7.37. The molecule has 25 heavy (non-hydrogen) atoms. The maximum absolute atomic E-state index is 11.5. The van der Waals surface area contributed by atoms with E-state index in [1.165, 1.54) is 24.2 Å². The first-order chi connectivity index (χ1) is 12.1. The number of carbonyl (C=O) groups excluding carboxylic acids is 1. The quantitative estimate of drug-likeness (QED) is 0.369. The van der Waals surface area contributed by atoms with Crippen molar-refractivity contribution in [1.29, 1.82) is 0 Å². The van der Waals surface area contributed by atoms with Crippen LogP contribution >= 0.6 is 11.3 Å². The van der Waals surface area contributed by atoms with Gasteiger partial charge in [-0.2, -0.15) is 0 Å². The third-order valence-electron chi connectivity index (χ3n) is 4.19. The van der Waals surface area contributed by atoms with Gasteiger partial charge in [0.25, 0.3) is 0 Å². The van der Waals surface area contributed by atoms with E-state index in [2.05, 4.69) is 24.1 Å². The molecular formula is C19H28N4OS. The summed E-state index contributed by atoms with van der Waals surface area (Å²) in [6.45, 7) is 4.39. The highest BCUT2D eigenvalue weighted by molar-refractivity contribution is 7.21. The first-order valence-corrected chi connectivity index (χ1v) is 9.76. The van der Waals surface area contributed by atoms with Crippen LogP contribution < -0.4 is 10.2 Å². The van der Waals surface area contributed by atoms with E-state index in [9.17, 15) is 4.79 Å². The van der Waals surface area contributed by atoms with Crippen molar-refractivity contribution >= 4 is 45.6 Å². The fourth-order valence-electron chi connectivity index (χ4n) is 2.90. The van der Waals surface area contributed by atoms with E-state index in [-0.39, 0.29) is 0 Å². The highest BCUT2D eigenvalue weighted by atomic mass is 32.1. The predicted molar refractivity (Wildman–Crippen MR) is 110 cm³/mol. The van der Waals surface area contributed by atoms with Crippen LogP contribution in [0, 0.1) is 0 Å². The number of aromatic nitrogens is 1. The molecule has 2 heterocycles. The van der Waals surface area contributed by atoms with Gasteiger partial charge in [-0.25, -0.2) is 4.98 Å². The normalized spacial score (nSPS) is 12.6. The third-order valence-corrected chi connectivity index (χ3v) is 5.22. The number of aliphatic imine (C=N–C) groups is 1. The lowest BCUT2D eigenvalue weighted by Gasteiger charge is -2.15. The number of hydrogen-bond acceptors (Lipinski definition) is 5. The van der Waals surface area contributed by atoms with Crippen LogP contribution in [0.2, 0.25) is 0 Å². The van der Waals surface area contributed by atoms with Gasteiger partial charge in [-0.3, -0.25) is 9.79 Å². The molecule has 0 radical (unpaired) electrons. The second-order valence-corrected chi connectivity index (χ2v) is 7.40. The van der Waals surface area contributed by atoms with Gasteiger partial charge >= 0.3 is 0 Å². The van der Waals surface area contributed by atoms with Crippen LogP contribution in [0.4, 0.5) is 11.4 Å². The number of rotatable bonds is 10. The first-order valence-electron chi connectivity index (χ1n) is 8.94. The van der Waals surface area contributed by atoms with Crippen LogP contribution in [-0.4, -0.2) is 37.7 Å². The molecule has 0 spiro atoms. The van der Waals surface area contributed by atoms with Gasteiger partial charge < -0.3 is 10.2 Å². The Morgan fingerprint density at radius 3 is 2.76 bits per heavy atom. The number of nitrogens with one attached hydrogen (secondary N) is 1. The van der Waals surface area contributed by atoms with Gasteiger partial charge in [-0.05, 0) is 18.9 Å². The van der Waals surface area contributed by atoms with E-state index < -0.39 is 0 Å². The number of anilines is 2. The van der Waals surface area contributed by atoms with Crippen LogP contribution in [-0.2, 0) is 0 Å². The SMILES string of the molecule is CCCCC(CCC)N=CNc1c(C=O)sc2nccc(N(C)C)c12. The average molecular weight is 361 g/mol. The van der Waals surface area contributed by atoms with Crippen molar-refractivity contribution in [3.8, 4) is 0 Å². The molecule has 2 aromatic heterocycles.